The Labute approximate surface area is 123 Å². The second kappa shape index (κ2) is 7.28. The van der Waals surface area contributed by atoms with Crippen LogP contribution in [0.15, 0.2) is 60.4 Å². The number of carbonyl (C=O) groups is 2. The molecule has 0 aromatic rings. The maximum absolute atomic E-state index is 12.0. The molecule has 0 aromatic carbocycles. The average Bonchev–Trinajstić information content (AvgIpc) is 2.54. The van der Waals surface area contributed by atoms with E-state index in [0.717, 1.165) is 24.5 Å². The maximum Gasteiger partial charge on any atom is 0.330 e. The van der Waals surface area contributed by atoms with Crippen LogP contribution in [0.5, 0.6) is 0 Å². The van der Waals surface area contributed by atoms with E-state index in [1.807, 2.05) is 12.2 Å². The smallest absolute Gasteiger partial charge is 0.330 e. The number of amides is 1. The van der Waals surface area contributed by atoms with Gasteiger partial charge in [0.15, 0.2) is 0 Å². The average molecular weight is 287 g/mol. The normalized spacial score (nSPS) is 17.3. The fourth-order valence-electron chi connectivity index (χ4n) is 1.89. The molecule has 0 saturated carbocycles. The lowest BCUT2D eigenvalue weighted by molar-refractivity contribution is -0.137. The molecule has 1 aliphatic heterocycles. The first kappa shape index (κ1) is 14.8. The van der Waals surface area contributed by atoms with Crippen LogP contribution in [0.4, 0.5) is 0 Å². The summed E-state index contributed by atoms with van der Waals surface area (Å²) in [4.78, 5) is 24.5. The largest absolute Gasteiger partial charge is 0.463 e. The SMILES string of the molecule is CCOC(=O)/C=C/C(=O)N1C=COC(C2=CC=CCC2)=C1. The van der Waals surface area contributed by atoms with E-state index in [0.29, 0.717) is 5.76 Å². The van der Waals surface area contributed by atoms with Gasteiger partial charge in [0.2, 0.25) is 0 Å². The lowest BCUT2D eigenvalue weighted by Crippen LogP contribution is -2.21. The summed E-state index contributed by atoms with van der Waals surface area (Å²) in [7, 11) is 0. The fraction of sp³-hybridized carbons (Fsp3) is 0.250. The van der Waals surface area contributed by atoms with Gasteiger partial charge in [-0.3, -0.25) is 9.69 Å². The minimum atomic E-state index is -0.535. The first-order valence-electron chi connectivity index (χ1n) is 6.79. The molecule has 0 N–H and O–H groups in total. The van der Waals surface area contributed by atoms with E-state index >= 15 is 0 Å². The number of esters is 1. The van der Waals surface area contributed by atoms with Crippen LogP contribution in [0.1, 0.15) is 19.8 Å². The lowest BCUT2D eigenvalue weighted by atomic mass is 10.0. The van der Waals surface area contributed by atoms with Gasteiger partial charge in [0, 0.05) is 18.4 Å². The molecule has 110 valence electrons. The summed E-state index contributed by atoms with van der Waals surface area (Å²) >= 11 is 0. The highest BCUT2D eigenvalue weighted by Gasteiger charge is 2.15. The Hall–Kier alpha value is -2.56. The molecule has 0 saturated heterocycles. The van der Waals surface area contributed by atoms with Gasteiger partial charge in [-0.1, -0.05) is 18.2 Å². The maximum atomic E-state index is 12.0. The summed E-state index contributed by atoms with van der Waals surface area (Å²) in [5, 5.41) is 0. The molecule has 21 heavy (non-hydrogen) atoms. The van der Waals surface area contributed by atoms with Crippen molar-refractivity contribution >= 4 is 11.9 Å². The number of carbonyl (C=O) groups excluding carboxylic acids is 2. The summed E-state index contributed by atoms with van der Waals surface area (Å²) in [6.07, 6.45) is 14.7. The van der Waals surface area contributed by atoms with Gasteiger partial charge in [0.25, 0.3) is 5.91 Å². The molecule has 5 heteroatoms. The van der Waals surface area contributed by atoms with Crippen molar-refractivity contribution in [2.24, 2.45) is 0 Å². The van der Waals surface area contributed by atoms with E-state index in [9.17, 15) is 9.59 Å². The molecule has 0 unspecified atom stereocenters. The predicted octanol–water partition coefficient (Wildman–Crippen LogP) is 2.55. The van der Waals surface area contributed by atoms with E-state index in [1.54, 1.807) is 13.1 Å². The van der Waals surface area contributed by atoms with Gasteiger partial charge >= 0.3 is 5.97 Å². The number of nitrogens with zero attached hydrogens (tertiary/aromatic N) is 1. The third-order valence-corrected chi connectivity index (χ3v) is 2.91. The molecule has 5 nitrogen and oxygen atoms in total. The van der Waals surface area contributed by atoms with Crippen LogP contribution in [0.25, 0.3) is 0 Å². The second-order valence-electron chi connectivity index (χ2n) is 4.39. The third-order valence-electron chi connectivity index (χ3n) is 2.91. The zero-order valence-corrected chi connectivity index (χ0v) is 11.8. The number of hydrogen-bond donors (Lipinski definition) is 0. The Kier molecular flexibility index (Phi) is 5.15. The van der Waals surface area contributed by atoms with E-state index in [-0.39, 0.29) is 12.5 Å². The van der Waals surface area contributed by atoms with Gasteiger partial charge < -0.3 is 9.47 Å². The third kappa shape index (κ3) is 4.21. The minimum absolute atomic E-state index is 0.278. The molecule has 2 rings (SSSR count). The molecule has 2 aliphatic rings. The van der Waals surface area contributed by atoms with E-state index < -0.39 is 5.97 Å². The highest BCUT2D eigenvalue weighted by molar-refractivity contribution is 5.95. The van der Waals surface area contributed by atoms with Crippen molar-refractivity contribution in [1.82, 2.24) is 4.90 Å². The monoisotopic (exact) mass is 287 g/mol. The van der Waals surface area contributed by atoms with Crippen LogP contribution in [0.2, 0.25) is 0 Å². The Morgan fingerprint density at radius 1 is 1.43 bits per heavy atom. The van der Waals surface area contributed by atoms with Crippen LogP contribution < -0.4 is 0 Å². The van der Waals surface area contributed by atoms with Gasteiger partial charge in [-0.2, -0.15) is 0 Å². The van der Waals surface area contributed by atoms with E-state index in [1.165, 1.54) is 23.4 Å². The molecule has 0 spiro atoms. The van der Waals surface area contributed by atoms with Gasteiger partial charge in [-0.15, -0.1) is 0 Å². The van der Waals surface area contributed by atoms with E-state index in [4.69, 9.17) is 9.47 Å². The molecule has 1 aliphatic carbocycles. The highest BCUT2D eigenvalue weighted by atomic mass is 16.5. The quantitative estimate of drug-likeness (QED) is 0.589. The van der Waals surface area contributed by atoms with Crippen molar-refractivity contribution in [3.63, 3.8) is 0 Å². The molecule has 0 fully saturated rings. The second-order valence-corrected chi connectivity index (χ2v) is 4.39. The number of hydrogen-bond acceptors (Lipinski definition) is 4. The van der Waals surface area contributed by atoms with Gasteiger partial charge in [0.1, 0.15) is 12.0 Å². The minimum Gasteiger partial charge on any atom is -0.463 e. The topological polar surface area (TPSA) is 55.8 Å². The molecule has 0 bridgehead atoms. The van der Waals surface area contributed by atoms with Crippen molar-refractivity contribution in [3.8, 4) is 0 Å². The van der Waals surface area contributed by atoms with Gasteiger partial charge in [0.05, 0.1) is 12.8 Å². The van der Waals surface area contributed by atoms with Crippen molar-refractivity contribution < 1.29 is 19.1 Å². The lowest BCUT2D eigenvalue weighted by Gasteiger charge is -2.20. The van der Waals surface area contributed by atoms with Crippen molar-refractivity contribution in [3.05, 3.63) is 60.4 Å². The Morgan fingerprint density at radius 2 is 2.29 bits per heavy atom. The van der Waals surface area contributed by atoms with Crippen LogP contribution >= 0.6 is 0 Å². The van der Waals surface area contributed by atoms with Crippen molar-refractivity contribution in [1.29, 1.82) is 0 Å². The summed E-state index contributed by atoms with van der Waals surface area (Å²) in [5.41, 5.74) is 1.04. The molecule has 1 heterocycles. The predicted molar refractivity (Wildman–Crippen MR) is 77.4 cm³/mol. The summed E-state index contributed by atoms with van der Waals surface area (Å²) in [6.45, 7) is 1.99. The molecule has 0 radical (unpaired) electrons. The Morgan fingerprint density at radius 3 is 3.00 bits per heavy atom. The molecule has 0 atom stereocenters. The van der Waals surface area contributed by atoms with Crippen LogP contribution in [-0.4, -0.2) is 23.4 Å². The Balaban J connectivity index is 2.04. The summed E-state index contributed by atoms with van der Waals surface area (Å²) < 4.78 is 10.2. The summed E-state index contributed by atoms with van der Waals surface area (Å²) in [5.74, 6) is -0.237. The first-order valence-corrected chi connectivity index (χ1v) is 6.79. The highest BCUT2D eigenvalue weighted by Crippen LogP contribution is 2.24. The zero-order chi connectivity index (χ0) is 15.1. The fourth-order valence-corrected chi connectivity index (χ4v) is 1.89. The van der Waals surface area contributed by atoms with Crippen molar-refractivity contribution in [2.75, 3.05) is 6.61 Å². The molecule has 1 amide bonds. The molecule has 0 aromatic heterocycles. The molecular weight excluding hydrogens is 270 g/mol. The van der Waals surface area contributed by atoms with Crippen molar-refractivity contribution in [2.45, 2.75) is 19.8 Å². The zero-order valence-electron chi connectivity index (χ0n) is 11.8. The van der Waals surface area contributed by atoms with Crippen LogP contribution in [0, 0.1) is 0 Å². The van der Waals surface area contributed by atoms with Gasteiger partial charge in [-0.05, 0) is 25.3 Å². The number of allylic oxidation sites excluding steroid dienone is 4. The van der Waals surface area contributed by atoms with Gasteiger partial charge in [-0.25, -0.2) is 4.79 Å². The van der Waals surface area contributed by atoms with Crippen LogP contribution in [-0.2, 0) is 19.1 Å². The van der Waals surface area contributed by atoms with Crippen LogP contribution in [0.3, 0.4) is 0 Å². The Bertz CT molecular complexity index is 567. The number of rotatable bonds is 4. The standard InChI is InChI=1S/C16H17NO4/c1-2-20-16(19)9-8-15(18)17-10-11-21-14(12-17)13-6-4-3-5-7-13/h3-4,6,8-12H,2,5,7H2,1H3/b9-8+. The van der Waals surface area contributed by atoms with E-state index in [2.05, 4.69) is 6.08 Å². The first-order chi connectivity index (χ1) is 10.2. The number of ether oxygens (including phenoxy) is 2. The summed E-state index contributed by atoms with van der Waals surface area (Å²) in [6, 6.07) is 0. The molecular formula is C16H17NO4.